The molecule has 340 valence electrons. The van der Waals surface area contributed by atoms with Crippen LogP contribution < -0.4 is 4.90 Å². The van der Waals surface area contributed by atoms with Crippen LogP contribution in [0.4, 0.5) is 17.1 Å². The van der Waals surface area contributed by atoms with Gasteiger partial charge in [0.15, 0.2) is 0 Å². The van der Waals surface area contributed by atoms with Gasteiger partial charge in [0.25, 0.3) is 0 Å². The molecule has 0 unspecified atom stereocenters. The van der Waals surface area contributed by atoms with E-state index in [4.69, 9.17) is 0 Å². The molecule has 1 aliphatic rings. The van der Waals surface area contributed by atoms with E-state index in [9.17, 15) is 0 Å². The van der Waals surface area contributed by atoms with Gasteiger partial charge in [-0.05, 0) is 147 Å². The van der Waals surface area contributed by atoms with Gasteiger partial charge in [0.05, 0.1) is 27.8 Å². The standard InChI is InChI=1S/C69H49N3/c1-69(2)61-28-14-12-24-56(61)57-27-17-31-66(68(57)69)70(54-40-34-48(35-41-54)55-26-16-30-65-67(55)58-25-13-15-29-62(58)72(65)52-22-10-5-11-23-52)53-38-32-47(33-39-53)50-37-43-64-60(45-50)59-44-49(46-18-6-3-7-19-46)36-42-63(59)71(64)51-20-8-4-9-21-51/h3-45H,1-2H3. The lowest BCUT2D eigenvalue weighted by molar-refractivity contribution is 0.661. The van der Waals surface area contributed by atoms with Crippen molar-refractivity contribution in [2.24, 2.45) is 0 Å². The summed E-state index contributed by atoms with van der Waals surface area (Å²) in [6.45, 7) is 4.76. The molecule has 0 saturated heterocycles. The van der Waals surface area contributed by atoms with Crippen LogP contribution in [0.3, 0.4) is 0 Å². The Morgan fingerprint density at radius 2 is 0.778 bits per heavy atom. The van der Waals surface area contributed by atoms with Crippen molar-refractivity contribution < 1.29 is 0 Å². The van der Waals surface area contributed by atoms with Crippen molar-refractivity contribution in [3.05, 3.63) is 272 Å². The molecule has 72 heavy (non-hydrogen) atoms. The van der Waals surface area contributed by atoms with Gasteiger partial charge < -0.3 is 14.0 Å². The van der Waals surface area contributed by atoms with Crippen LogP contribution in [0.5, 0.6) is 0 Å². The molecule has 0 atom stereocenters. The highest BCUT2D eigenvalue weighted by Crippen LogP contribution is 2.54. The Hall–Kier alpha value is -9.18. The van der Waals surface area contributed by atoms with Gasteiger partial charge in [-0.3, -0.25) is 0 Å². The summed E-state index contributed by atoms with van der Waals surface area (Å²) in [5, 5.41) is 4.98. The summed E-state index contributed by atoms with van der Waals surface area (Å²) < 4.78 is 4.80. The Morgan fingerprint density at radius 1 is 0.319 bits per heavy atom. The van der Waals surface area contributed by atoms with Crippen LogP contribution >= 0.6 is 0 Å². The van der Waals surface area contributed by atoms with Crippen molar-refractivity contribution in [3.63, 3.8) is 0 Å². The van der Waals surface area contributed by atoms with Crippen molar-refractivity contribution in [2.45, 2.75) is 19.3 Å². The molecule has 13 aromatic rings. The third-order valence-electron chi connectivity index (χ3n) is 15.3. The minimum Gasteiger partial charge on any atom is -0.310 e. The van der Waals surface area contributed by atoms with Gasteiger partial charge in [0, 0.05) is 49.7 Å². The fourth-order valence-electron chi connectivity index (χ4n) is 12.0. The molecule has 0 N–H and O–H groups in total. The van der Waals surface area contributed by atoms with E-state index in [1.54, 1.807) is 0 Å². The quantitative estimate of drug-likeness (QED) is 0.148. The minimum absolute atomic E-state index is 0.210. The predicted molar refractivity (Wildman–Crippen MR) is 304 cm³/mol. The van der Waals surface area contributed by atoms with Crippen LogP contribution in [0.25, 0.3) is 99.5 Å². The maximum absolute atomic E-state index is 2.48. The first kappa shape index (κ1) is 41.8. The number of nitrogens with zero attached hydrogens (tertiary/aromatic N) is 3. The predicted octanol–water partition coefficient (Wildman–Crippen LogP) is 18.7. The van der Waals surface area contributed by atoms with E-state index < -0.39 is 0 Å². The van der Waals surface area contributed by atoms with Crippen LogP contribution in [0.2, 0.25) is 0 Å². The van der Waals surface area contributed by atoms with Gasteiger partial charge in [-0.15, -0.1) is 0 Å². The molecule has 14 rings (SSSR count). The smallest absolute Gasteiger partial charge is 0.0547 e. The maximum atomic E-state index is 2.48. The molecular formula is C69H49N3. The summed E-state index contributed by atoms with van der Waals surface area (Å²) in [6.07, 6.45) is 0. The molecule has 11 aromatic carbocycles. The van der Waals surface area contributed by atoms with Crippen LogP contribution in [0.15, 0.2) is 261 Å². The lowest BCUT2D eigenvalue weighted by atomic mass is 9.81. The highest BCUT2D eigenvalue weighted by atomic mass is 15.1. The zero-order chi connectivity index (χ0) is 47.9. The van der Waals surface area contributed by atoms with Crippen LogP contribution in [-0.2, 0) is 5.41 Å². The molecule has 0 bridgehead atoms. The van der Waals surface area contributed by atoms with Crippen LogP contribution in [0, 0.1) is 0 Å². The maximum Gasteiger partial charge on any atom is 0.0547 e. The fourth-order valence-corrected chi connectivity index (χ4v) is 12.0. The number of hydrogen-bond donors (Lipinski definition) is 0. The van der Waals surface area contributed by atoms with E-state index in [2.05, 4.69) is 289 Å². The minimum atomic E-state index is -0.210. The number of hydrogen-bond acceptors (Lipinski definition) is 1. The number of anilines is 3. The SMILES string of the molecule is CC1(C)c2ccccc2-c2cccc(N(c3ccc(-c4ccc5c(c4)c4cc(-c6ccccc6)ccc4n5-c4ccccc4)cc3)c3ccc(-c4cccc5c4c4ccccc4n5-c4ccccc4)cc3)c21. The monoisotopic (exact) mass is 919 g/mol. The molecule has 1 aliphatic carbocycles. The average molecular weight is 920 g/mol. The molecule has 0 amide bonds. The Kier molecular flexibility index (Phi) is 9.56. The van der Waals surface area contributed by atoms with E-state index >= 15 is 0 Å². The van der Waals surface area contributed by atoms with Crippen LogP contribution in [-0.4, -0.2) is 9.13 Å². The fraction of sp³-hybridized carbons (Fsp3) is 0.0435. The molecule has 0 saturated carbocycles. The van der Waals surface area contributed by atoms with Crippen molar-refractivity contribution >= 4 is 60.7 Å². The Morgan fingerprint density at radius 3 is 1.43 bits per heavy atom. The van der Waals surface area contributed by atoms with Gasteiger partial charge >= 0.3 is 0 Å². The number of benzene rings is 11. The third kappa shape index (κ3) is 6.51. The molecule has 0 fully saturated rings. The Bertz CT molecular complexity index is 4200. The lowest BCUT2D eigenvalue weighted by Gasteiger charge is -2.32. The van der Waals surface area contributed by atoms with E-state index in [-0.39, 0.29) is 5.41 Å². The number of rotatable bonds is 8. The summed E-state index contributed by atoms with van der Waals surface area (Å²) >= 11 is 0. The first-order valence-corrected chi connectivity index (χ1v) is 25.0. The Balaban J connectivity index is 0.903. The van der Waals surface area contributed by atoms with Gasteiger partial charge in [-0.2, -0.15) is 0 Å². The molecule has 0 aliphatic heterocycles. The second-order valence-corrected chi connectivity index (χ2v) is 19.7. The van der Waals surface area contributed by atoms with Crippen molar-refractivity contribution in [2.75, 3.05) is 4.90 Å². The van der Waals surface area contributed by atoms with Crippen molar-refractivity contribution in [3.8, 4) is 55.9 Å². The average Bonchev–Trinajstić information content (AvgIpc) is 4.05. The molecule has 3 heteroatoms. The molecule has 0 spiro atoms. The number of para-hydroxylation sites is 3. The topological polar surface area (TPSA) is 13.1 Å². The second-order valence-electron chi connectivity index (χ2n) is 19.7. The second kappa shape index (κ2) is 16.5. The first-order chi connectivity index (χ1) is 35.5. The van der Waals surface area contributed by atoms with Crippen molar-refractivity contribution in [1.29, 1.82) is 0 Å². The normalized spacial score (nSPS) is 12.7. The molecule has 3 nitrogen and oxygen atoms in total. The molecule has 2 heterocycles. The van der Waals surface area contributed by atoms with E-state index in [1.165, 1.54) is 105 Å². The number of fused-ring (bicyclic) bond motifs is 9. The van der Waals surface area contributed by atoms with E-state index in [0.717, 1.165) is 22.7 Å². The zero-order valence-electron chi connectivity index (χ0n) is 40.2. The Labute approximate surface area is 419 Å². The number of aromatic nitrogens is 2. The van der Waals surface area contributed by atoms with Gasteiger partial charge in [0.1, 0.15) is 0 Å². The van der Waals surface area contributed by atoms with Crippen LogP contribution in [0.1, 0.15) is 25.0 Å². The molecule has 2 aromatic heterocycles. The lowest BCUT2D eigenvalue weighted by Crippen LogP contribution is -2.20. The largest absolute Gasteiger partial charge is 0.310 e. The van der Waals surface area contributed by atoms with Crippen molar-refractivity contribution in [1.82, 2.24) is 9.13 Å². The van der Waals surface area contributed by atoms with Gasteiger partial charge in [0.2, 0.25) is 0 Å². The third-order valence-corrected chi connectivity index (χ3v) is 15.3. The first-order valence-electron chi connectivity index (χ1n) is 25.0. The summed E-state index contributed by atoms with van der Waals surface area (Å²) in [4.78, 5) is 2.48. The van der Waals surface area contributed by atoms with E-state index in [1.807, 2.05) is 0 Å². The summed E-state index contributed by atoms with van der Waals surface area (Å²) in [7, 11) is 0. The summed E-state index contributed by atoms with van der Waals surface area (Å²) in [5.74, 6) is 0. The highest BCUT2D eigenvalue weighted by Gasteiger charge is 2.38. The van der Waals surface area contributed by atoms with Gasteiger partial charge in [-0.25, -0.2) is 0 Å². The summed E-state index contributed by atoms with van der Waals surface area (Å²) in [5.41, 5.74) is 22.8. The highest BCUT2D eigenvalue weighted by molar-refractivity contribution is 6.16. The molecule has 0 radical (unpaired) electrons. The zero-order valence-corrected chi connectivity index (χ0v) is 40.2. The van der Waals surface area contributed by atoms with Gasteiger partial charge in [-0.1, -0.05) is 184 Å². The summed E-state index contributed by atoms with van der Waals surface area (Å²) in [6, 6.07) is 95.8. The molecular weight excluding hydrogens is 871 g/mol. The van der Waals surface area contributed by atoms with E-state index in [0.29, 0.717) is 0 Å².